The smallest absolute Gasteiger partial charge is 0.276 e. The lowest BCUT2D eigenvalue weighted by molar-refractivity contribution is 0.102. The number of methoxy groups -OCH3 is 1. The van der Waals surface area contributed by atoms with E-state index >= 15 is 0 Å². The summed E-state index contributed by atoms with van der Waals surface area (Å²) in [6.07, 6.45) is 3.48. The highest BCUT2D eigenvalue weighted by Crippen LogP contribution is 2.31. The molecule has 0 spiro atoms. The van der Waals surface area contributed by atoms with Gasteiger partial charge in [0.2, 0.25) is 0 Å². The first-order valence-electron chi connectivity index (χ1n) is 8.19. The highest BCUT2D eigenvalue weighted by atomic mass is 35.5. The van der Waals surface area contributed by atoms with Crippen molar-refractivity contribution in [2.24, 2.45) is 0 Å². The molecule has 138 valence electrons. The molecule has 0 aliphatic carbocycles. The fraction of sp³-hybridized carbons (Fsp3) is 0.158. The van der Waals surface area contributed by atoms with E-state index in [9.17, 15) is 4.79 Å². The van der Waals surface area contributed by atoms with Crippen molar-refractivity contribution in [1.29, 1.82) is 0 Å². The molecule has 0 aliphatic rings. The van der Waals surface area contributed by atoms with Gasteiger partial charge in [0.25, 0.3) is 5.91 Å². The molecule has 1 amide bonds. The van der Waals surface area contributed by atoms with Crippen LogP contribution in [0, 0.1) is 6.92 Å². The van der Waals surface area contributed by atoms with E-state index < -0.39 is 0 Å². The molecule has 3 rings (SSSR count). The topological polar surface area (TPSA) is 89.0 Å². The van der Waals surface area contributed by atoms with Gasteiger partial charge in [0.05, 0.1) is 12.8 Å². The van der Waals surface area contributed by atoms with Gasteiger partial charge in [0, 0.05) is 30.0 Å². The molecule has 0 saturated heterocycles. The standard InChI is InChI=1S/C19H18ClN5O2/c1-12-8-16(17(27-2)9-14(12)20)23-19(26)15-5-6-18(25-24-15)22-11-13-4-3-7-21-10-13/h3-10H,11H2,1-2H3,(H,22,25)(H,23,26). The summed E-state index contributed by atoms with van der Waals surface area (Å²) in [5, 5.41) is 14.5. The van der Waals surface area contributed by atoms with Crippen LogP contribution in [0.2, 0.25) is 5.02 Å². The number of carbonyl (C=O) groups excluding carboxylic acids is 1. The van der Waals surface area contributed by atoms with E-state index in [0.717, 1.165) is 11.1 Å². The summed E-state index contributed by atoms with van der Waals surface area (Å²) in [4.78, 5) is 16.5. The SMILES string of the molecule is COc1cc(Cl)c(C)cc1NC(=O)c1ccc(NCc2cccnc2)nn1. The molecule has 3 aromatic rings. The minimum absolute atomic E-state index is 0.191. The van der Waals surface area contributed by atoms with Crippen LogP contribution in [0.25, 0.3) is 0 Å². The molecule has 7 nitrogen and oxygen atoms in total. The molecular formula is C19H18ClN5O2. The van der Waals surface area contributed by atoms with E-state index in [2.05, 4.69) is 25.8 Å². The van der Waals surface area contributed by atoms with E-state index in [-0.39, 0.29) is 11.6 Å². The largest absolute Gasteiger partial charge is 0.495 e. The Balaban J connectivity index is 1.66. The van der Waals surface area contributed by atoms with Crippen molar-refractivity contribution in [3.05, 3.63) is 70.6 Å². The lowest BCUT2D eigenvalue weighted by Crippen LogP contribution is -2.15. The number of pyridine rings is 1. The maximum Gasteiger partial charge on any atom is 0.276 e. The van der Waals surface area contributed by atoms with Gasteiger partial charge in [-0.1, -0.05) is 17.7 Å². The van der Waals surface area contributed by atoms with Gasteiger partial charge in [0.1, 0.15) is 11.6 Å². The molecular weight excluding hydrogens is 366 g/mol. The number of ether oxygens (including phenoxy) is 1. The van der Waals surface area contributed by atoms with Crippen LogP contribution >= 0.6 is 11.6 Å². The van der Waals surface area contributed by atoms with Crippen molar-refractivity contribution in [3.63, 3.8) is 0 Å². The predicted molar refractivity (Wildman–Crippen MR) is 104 cm³/mol. The number of nitrogens with zero attached hydrogens (tertiary/aromatic N) is 3. The Labute approximate surface area is 161 Å². The van der Waals surface area contributed by atoms with Gasteiger partial charge < -0.3 is 15.4 Å². The van der Waals surface area contributed by atoms with E-state index in [0.29, 0.717) is 28.8 Å². The van der Waals surface area contributed by atoms with Gasteiger partial charge in [-0.3, -0.25) is 9.78 Å². The van der Waals surface area contributed by atoms with Crippen LogP contribution in [0.3, 0.4) is 0 Å². The lowest BCUT2D eigenvalue weighted by atomic mass is 10.2. The number of carbonyl (C=O) groups is 1. The molecule has 8 heteroatoms. The van der Waals surface area contributed by atoms with Crippen LogP contribution in [0.1, 0.15) is 21.6 Å². The molecule has 0 atom stereocenters. The Morgan fingerprint density at radius 1 is 1.22 bits per heavy atom. The Morgan fingerprint density at radius 2 is 2.07 bits per heavy atom. The fourth-order valence-electron chi connectivity index (χ4n) is 2.36. The van der Waals surface area contributed by atoms with Crippen molar-refractivity contribution in [3.8, 4) is 5.75 Å². The zero-order valence-corrected chi connectivity index (χ0v) is 15.6. The first-order chi connectivity index (χ1) is 13.1. The average molecular weight is 384 g/mol. The van der Waals surface area contributed by atoms with Crippen molar-refractivity contribution < 1.29 is 9.53 Å². The monoisotopic (exact) mass is 383 g/mol. The fourth-order valence-corrected chi connectivity index (χ4v) is 2.51. The summed E-state index contributed by atoms with van der Waals surface area (Å²) in [6, 6.07) is 10.5. The second-order valence-corrected chi connectivity index (χ2v) is 6.18. The third-order valence-corrected chi connectivity index (χ3v) is 4.23. The summed E-state index contributed by atoms with van der Waals surface area (Å²) < 4.78 is 5.26. The van der Waals surface area contributed by atoms with Gasteiger partial charge in [-0.25, -0.2) is 0 Å². The second kappa shape index (κ2) is 8.46. The van der Waals surface area contributed by atoms with Gasteiger partial charge in [-0.15, -0.1) is 10.2 Å². The molecule has 2 heterocycles. The molecule has 0 aliphatic heterocycles. The number of benzene rings is 1. The number of hydrogen-bond acceptors (Lipinski definition) is 6. The predicted octanol–water partition coefficient (Wildman–Crippen LogP) is 3.71. The number of hydrogen-bond donors (Lipinski definition) is 2. The third kappa shape index (κ3) is 4.71. The molecule has 1 aromatic carbocycles. The first kappa shape index (κ1) is 18.6. The van der Waals surface area contributed by atoms with Gasteiger partial charge in [-0.2, -0.15) is 0 Å². The summed E-state index contributed by atoms with van der Waals surface area (Å²) in [7, 11) is 1.51. The highest BCUT2D eigenvalue weighted by molar-refractivity contribution is 6.31. The van der Waals surface area contributed by atoms with E-state index in [4.69, 9.17) is 16.3 Å². The Morgan fingerprint density at radius 3 is 2.74 bits per heavy atom. The molecule has 27 heavy (non-hydrogen) atoms. The van der Waals surface area contributed by atoms with Crippen molar-refractivity contribution in [2.45, 2.75) is 13.5 Å². The number of halogens is 1. The van der Waals surface area contributed by atoms with Crippen LogP contribution < -0.4 is 15.4 Å². The maximum absolute atomic E-state index is 12.4. The Bertz CT molecular complexity index is 933. The lowest BCUT2D eigenvalue weighted by Gasteiger charge is -2.12. The maximum atomic E-state index is 12.4. The van der Waals surface area contributed by atoms with Crippen molar-refractivity contribution in [1.82, 2.24) is 15.2 Å². The number of rotatable bonds is 6. The van der Waals surface area contributed by atoms with Crippen LogP contribution in [0.5, 0.6) is 5.75 Å². The van der Waals surface area contributed by atoms with Gasteiger partial charge in [0.15, 0.2) is 5.69 Å². The first-order valence-corrected chi connectivity index (χ1v) is 8.56. The van der Waals surface area contributed by atoms with E-state index in [1.54, 1.807) is 36.7 Å². The highest BCUT2D eigenvalue weighted by Gasteiger charge is 2.13. The summed E-state index contributed by atoms with van der Waals surface area (Å²) in [5.74, 6) is 0.651. The molecule has 0 unspecified atom stereocenters. The summed E-state index contributed by atoms with van der Waals surface area (Å²) >= 11 is 6.08. The molecule has 0 bridgehead atoms. The second-order valence-electron chi connectivity index (χ2n) is 5.77. The average Bonchev–Trinajstić information content (AvgIpc) is 2.70. The van der Waals surface area contributed by atoms with Crippen LogP contribution in [0.4, 0.5) is 11.5 Å². The van der Waals surface area contributed by atoms with E-state index in [1.807, 2.05) is 19.1 Å². The third-order valence-electron chi connectivity index (χ3n) is 3.82. The number of aromatic nitrogens is 3. The van der Waals surface area contributed by atoms with Crippen LogP contribution in [-0.2, 0) is 6.54 Å². The zero-order valence-electron chi connectivity index (χ0n) is 14.9. The minimum Gasteiger partial charge on any atom is -0.495 e. The Kier molecular flexibility index (Phi) is 5.83. The van der Waals surface area contributed by atoms with Crippen LogP contribution in [0.15, 0.2) is 48.8 Å². The Hall–Kier alpha value is -3.19. The molecule has 2 N–H and O–H groups in total. The number of aryl methyl sites for hydroxylation is 1. The quantitative estimate of drug-likeness (QED) is 0.674. The number of nitrogens with one attached hydrogen (secondary N) is 2. The number of amides is 1. The van der Waals surface area contributed by atoms with Gasteiger partial charge >= 0.3 is 0 Å². The zero-order chi connectivity index (χ0) is 19.2. The minimum atomic E-state index is -0.388. The normalized spacial score (nSPS) is 10.3. The molecule has 2 aromatic heterocycles. The van der Waals surface area contributed by atoms with Crippen molar-refractivity contribution in [2.75, 3.05) is 17.7 Å². The molecule has 0 radical (unpaired) electrons. The van der Waals surface area contributed by atoms with Crippen molar-refractivity contribution >= 4 is 29.0 Å². The van der Waals surface area contributed by atoms with Crippen LogP contribution in [-0.4, -0.2) is 28.2 Å². The molecule has 0 fully saturated rings. The number of anilines is 2. The van der Waals surface area contributed by atoms with Gasteiger partial charge in [-0.05, 0) is 42.3 Å². The van der Waals surface area contributed by atoms with E-state index in [1.165, 1.54) is 7.11 Å². The summed E-state index contributed by atoms with van der Waals surface area (Å²) in [5.41, 5.74) is 2.56. The summed E-state index contributed by atoms with van der Waals surface area (Å²) in [6.45, 7) is 2.41. The molecule has 0 saturated carbocycles.